The molecular formula is C23H24O5S2. The predicted octanol–water partition coefficient (Wildman–Crippen LogP) is 4.60. The molecule has 3 rings (SSSR count). The summed E-state index contributed by atoms with van der Waals surface area (Å²) >= 11 is 0. The number of hydrogen-bond acceptors (Lipinski definition) is 5. The van der Waals surface area contributed by atoms with Gasteiger partial charge in [0.05, 0.1) is 14.7 Å². The van der Waals surface area contributed by atoms with Crippen molar-refractivity contribution < 1.29 is 21.9 Å². The van der Waals surface area contributed by atoms with Crippen molar-refractivity contribution >= 4 is 19.7 Å². The van der Waals surface area contributed by atoms with Gasteiger partial charge in [-0.2, -0.15) is 0 Å². The molecule has 0 aliphatic carbocycles. The highest BCUT2D eigenvalue weighted by molar-refractivity contribution is 7.92. The molecule has 0 unspecified atom stereocenters. The number of rotatable bonds is 4. The molecule has 30 heavy (non-hydrogen) atoms. The fourth-order valence-corrected chi connectivity index (χ4v) is 6.97. The van der Waals surface area contributed by atoms with E-state index in [9.17, 15) is 21.9 Å². The van der Waals surface area contributed by atoms with Gasteiger partial charge in [0.2, 0.25) is 19.7 Å². The largest absolute Gasteiger partial charge is 0.507 e. The minimum atomic E-state index is -4.13. The van der Waals surface area contributed by atoms with E-state index in [1.165, 1.54) is 25.1 Å². The van der Waals surface area contributed by atoms with E-state index >= 15 is 0 Å². The smallest absolute Gasteiger partial charge is 0.210 e. The summed E-state index contributed by atoms with van der Waals surface area (Å²) in [6.45, 7) is 8.61. The molecule has 0 bridgehead atoms. The van der Waals surface area contributed by atoms with Gasteiger partial charge in [0.1, 0.15) is 10.6 Å². The summed E-state index contributed by atoms with van der Waals surface area (Å²) in [6.07, 6.45) is 0. The molecule has 1 N–H and O–H groups in total. The van der Waals surface area contributed by atoms with Gasteiger partial charge in [-0.1, -0.05) is 35.4 Å². The van der Waals surface area contributed by atoms with Gasteiger partial charge in [-0.25, -0.2) is 16.8 Å². The zero-order chi connectivity index (χ0) is 22.4. The molecule has 0 radical (unpaired) electrons. The highest BCUT2D eigenvalue weighted by Crippen LogP contribution is 2.36. The molecule has 0 aromatic heterocycles. The number of benzene rings is 3. The van der Waals surface area contributed by atoms with E-state index in [0.29, 0.717) is 11.1 Å². The van der Waals surface area contributed by atoms with Crippen LogP contribution in [0.5, 0.6) is 5.75 Å². The molecule has 0 fully saturated rings. The Labute approximate surface area is 177 Å². The number of phenolic OH excluding ortho intramolecular Hbond substituents is 1. The summed E-state index contributed by atoms with van der Waals surface area (Å²) in [5, 5.41) is 10.4. The molecule has 0 saturated heterocycles. The van der Waals surface area contributed by atoms with E-state index in [4.69, 9.17) is 0 Å². The SMILES string of the molecule is Cc1ccc(S(=O)(=O)c2cc(S(=O)(=O)c3ccc(C)cc3C)c(O)cc2C)c(C)c1. The Morgan fingerprint density at radius 2 is 0.933 bits per heavy atom. The first kappa shape index (κ1) is 22.1. The predicted molar refractivity (Wildman–Crippen MR) is 116 cm³/mol. The van der Waals surface area contributed by atoms with Crippen molar-refractivity contribution in [1.82, 2.24) is 0 Å². The summed E-state index contributed by atoms with van der Waals surface area (Å²) in [4.78, 5) is -0.433. The van der Waals surface area contributed by atoms with Crippen molar-refractivity contribution in [3.63, 3.8) is 0 Å². The van der Waals surface area contributed by atoms with Crippen LogP contribution in [0.3, 0.4) is 0 Å². The van der Waals surface area contributed by atoms with Crippen LogP contribution in [-0.2, 0) is 19.7 Å². The number of sulfone groups is 2. The Balaban J connectivity index is 2.27. The summed E-state index contributed by atoms with van der Waals surface area (Å²) in [5.74, 6) is -0.480. The monoisotopic (exact) mass is 444 g/mol. The zero-order valence-corrected chi connectivity index (χ0v) is 19.1. The van der Waals surface area contributed by atoms with Crippen LogP contribution < -0.4 is 0 Å². The first-order chi connectivity index (χ1) is 13.9. The molecule has 3 aromatic rings. The average molecular weight is 445 g/mol. The third-order valence-electron chi connectivity index (χ3n) is 5.08. The summed E-state index contributed by atoms with van der Waals surface area (Å²) in [6, 6.07) is 12.1. The molecule has 158 valence electrons. The van der Waals surface area contributed by atoms with Crippen LogP contribution in [-0.4, -0.2) is 21.9 Å². The van der Waals surface area contributed by atoms with Crippen LogP contribution in [0, 0.1) is 34.6 Å². The lowest BCUT2D eigenvalue weighted by Crippen LogP contribution is -2.10. The summed E-state index contributed by atoms with van der Waals surface area (Å²) < 4.78 is 53.2. The van der Waals surface area contributed by atoms with Crippen molar-refractivity contribution in [2.75, 3.05) is 0 Å². The van der Waals surface area contributed by atoms with Gasteiger partial charge in [0.15, 0.2) is 0 Å². The first-order valence-corrected chi connectivity index (χ1v) is 12.3. The number of hydrogen-bond donors (Lipinski definition) is 1. The molecule has 5 nitrogen and oxygen atoms in total. The fraction of sp³-hybridized carbons (Fsp3) is 0.217. The molecule has 0 saturated carbocycles. The van der Waals surface area contributed by atoms with Gasteiger partial charge in [-0.15, -0.1) is 0 Å². The lowest BCUT2D eigenvalue weighted by atomic mass is 10.2. The van der Waals surface area contributed by atoms with E-state index in [-0.39, 0.29) is 20.2 Å². The van der Waals surface area contributed by atoms with Crippen LogP contribution in [0.2, 0.25) is 0 Å². The molecule has 7 heteroatoms. The molecule has 0 amide bonds. The molecule has 0 spiro atoms. The minimum Gasteiger partial charge on any atom is -0.507 e. The fourth-order valence-electron chi connectivity index (χ4n) is 3.60. The lowest BCUT2D eigenvalue weighted by Gasteiger charge is -2.15. The van der Waals surface area contributed by atoms with E-state index in [2.05, 4.69) is 0 Å². The van der Waals surface area contributed by atoms with Gasteiger partial charge < -0.3 is 5.11 Å². The molecular weight excluding hydrogens is 420 g/mol. The van der Waals surface area contributed by atoms with Crippen molar-refractivity contribution in [2.24, 2.45) is 0 Å². The van der Waals surface area contributed by atoms with Crippen molar-refractivity contribution in [3.05, 3.63) is 76.3 Å². The Morgan fingerprint density at radius 1 is 0.533 bits per heavy atom. The maximum Gasteiger partial charge on any atom is 0.210 e. The first-order valence-electron chi connectivity index (χ1n) is 9.34. The van der Waals surface area contributed by atoms with E-state index < -0.39 is 30.3 Å². The molecule has 3 aromatic carbocycles. The average Bonchev–Trinajstić information content (AvgIpc) is 2.60. The third kappa shape index (κ3) is 3.75. The maximum absolute atomic E-state index is 13.3. The number of phenols is 1. The standard InChI is InChI=1S/C23H24O5S2/c1-14-6-8-20(16(3)10-14)29(25,26)22-13-23(19(24)12-18(22)5)30(27,28)21-9-7-15(2)11-17(21)4/h6-13,24H,1-5H3. The topological polar surface area (TPSA) is 88.5 Å². The summed E-state index contributed by atoms with van der Waals surface area (Å²) in [7, 11) is -8.12. The van der Waals surface area contributed by atoms with Gasteiger partial charge in [0.25, 0.3) is 0 Å². The van der Waals surface area contributed by atoms with Crippen molar-refractivity contribution in [2.45, 2.75) is 54.2 Å². The van der Waals surface area contributed by atoms with Crippen LogP contribution in [0.4, 0.5) is 0 Å². The van der Waals surface area contributed by atoms with Crippen LogP contribution >= 0.6 is 0 Å². The number of aryl methyl sites for hydroxylation is 5. The van der Waals surface area contributed by atoms with E-state index in [1.807, 2.05) is 13.8 Å². The lowest BCUT2D eigenvalue weighted by molar-refractivity contribution is 0.457. The molecule has 0 aliphatic heterocycles. The van der Waals surface area contributed by atoms with Crippen LogP contribution in [0.1, 0.15) is 27.8 Å². The highest BCUT2D eigenvalue weighted by atomic mass is 32.2. The Kier molecular flexibility index (Phi) is 5.56. The second-order valence-electron chi connectivity index (χ2n) is 7.63. The molecule has 0 atom stereocenters. The maximum atomic E-state index is 13.3. The van der Waals surface area contributed by atoms with Gasteiger partial charge in [0, 0.05) is 0 Å². The third-order valence-corrected chi connectivity index (χ3v) is 9.07. The van der Waals surface area contributed by atoms with Gasteiger partial charge >= 0.3 is 0 Å². The second kappa shape index (κ2) is 7.56. The highest BCUT2D eigenvalue weighted by Gasteiger charge is 2.29. The Morgan fingerprint density at radius 3 is 1.37 bits per heavy atom. The van der Waals surface area contributed by atoms with Gasteiger partial charge in [-0.05, 0) is 75.6 Å². The normalized spacial score (nSPS) is 12.2. The van der Waals surface area contributed by atoms with E-state index in [1.54, 1.807) is 38.1 Å². The van der Waals surface area contributed by atoms with Crippen molar-refractivity contribution in [1.29, 1.82) is 0 Å². The number of aromatic hydroxyl groups is 1. The Hall–Kier alpha value is -2.64. The quantitative estimate of drug-likeness (QED) is 0.635. The zero-order valence-electron chi connectivity index (χ0n) is 17.5. The minimum absolute atomic E-state index is 0.0297. The van der Waals surface area contributed by atoms with Crippen LogP contribution in [0.15, 0.2) is 68.1 Å². The Bertz CT molecular complexity index is 1270. The second-order valence-corrected chi connectivity index (χ2v) is 11.4. The summed E-state index contributed by atoms with van der Waals surface area (Å²) in [5.41, 5.74) is 3.19. The van der Waals surface area contributed by atoms with Crippen LogP contribution in [0.25, 0.3) is 0 Å². The van der Waals surface area contributed by atoms with Gasteiger partial charge in [-0.3, -0.25) is 0 Å². The van der Waals surface area contributed by atoms with E-state index in [0.717, 1.165) is 17.2 Å². The molecule has 0 aliphatic rings. The molecule has 0 heterocycles. The van der Waals surface area contributed by atoms with Crippen molar-refractivity contribution in [3.8, 4) is 5.75 Å².